The van der Waals surface area contributed by atoms with Gasteiger partial charge in [-0.05, 0) is 30.9 Å². The van der Waals surface area contributed by atoms with E-state index in [1.807, 2.05) is 0 Å². The van der Waals surface area contributed by atoms with Gasteiger partial charge in [0.1, 0.15) is 0 Å². The van der Waals surface area contributed by atoms with Crippen LogP contribution < -0.4 is 10.2 Å². The minimum Gasteiger partial charge on any atom is -0.370 e. The topological polar surface area (TPSA) is 41.3 Å². The first kappa shape index (κ1) is 15.1. The molecular weight excluding hydrogens is 274 g/mol. The molecule has 0 unspecified atom stereocenters. The molecule has 0 saturated carbocycles. The Morgan fingerprint density at radius 3 is 2.91 bits per heavy atom. The van der Waals surface area contributed by atoms with Crippen molar-refractivity contribution >= 4 is 5.69 Å². The van der Waals surface area contributed by atoms with E-state index in [-0.39, 0.29) is 0 Å². The Morgan fingerprint density at radius 1 is 1.32 bits per heavy atom. The molecule has 0 bridgehead atoms. The highest BCUT2D eigenvalue weighted by Gasteiger charge is 2.22. The molecule has 0 aliphatic carbocycles. The summed E-state index contributed by atoms with van der Waals surface area (Å²) in [6.45, 7) is 7.32. The van der Waals surface area contributed by atoms with Crippen molar-refractivity contribution in [3.8, 4) is 0 Å². The van der Waals surface area contributed by atoms with E-state index in [0.29, 0.717) is 12.0 Å². The summed E-state index contributed by atoms with van der Waals surface area (Å²) in [5.74, 6) is 1.55. The number of para-hydroxylation sites is 1. The molecule has 0 radical (unpaired) electrons. The lowest BCUT2D eigenvalue weighted by atomic mass is 10.1. The Morgan fingerprint density at radius 2 is 2.14 bits per heavy atom. The Bertz CT molecular complexity index is 579. The van der Waals surface area contributed by atoms with Crippen LogP contribution in [0.4, 0.5) is 5.69 Å². The number of hydrogen-bond acceptors (Lipinski definition) is 4. The lowest BCUT2D eigenvalue weighted by Gasteiger charge is -2.18. The average Bonchev–Trinajstić information content (AvgIpc) is 3.15. The molecule has 1 aromatic carbocycles. The van der Waals surface area contributed by atoms with Gasteiger partial charge in [0.05, 0.1) is 12.2 Å². The first-order chi connectivity index (χ1) is 10.7. The Labute approximate surface area is 132 Å². The van der Waals surface area contributed by atoms with E-state index in [2.05, 4.69) is 65.6 Å². The highest BCUT2D eigenvalue weighted by atomic mass is 16.5. The molecule has 1 N–H and O–H groups in total. The zero-order valence-electron chi connectivity index (χ0n) is 13.5. The first-order valence-electron chi connectivity index (χ1n) is 8.18. The highest BCUT2D eigenvalue weighted by Crippen LogP contribution is 2.20. The molecule has 1 aliphatic heterocycles. The lowest BCUT2D eigenvalue weighted by molar-refractivity contribution is 0.358. The van der Waals surface area contributed by atoms with Gasteiger partial charge in [0.2, 0.25) is 0 Å². The predicted molar refractivity (Wildman–Crippen MR) is 88.9 cm³/mol. The van der Waals surface area contributed by atoms with Gasteiger partial charge in [0, 0.05) is 30.9 Å². The predicted octanol–water partition coefficient (Wildman–Crippen LogP) is 3.24. The van der Waals surface area contributed by atoms with Gasteiger partial charge in [-0.1, -0.05) is 37.2 Å². The molecule has 2 aromatic rings. The van der Waals surface area contributed by atoms with Crippen molar-refractivity contribution in [2.45, 2.75) is 39.3 Å². The second-order valence-corrected chi connectivity index (χ2v) is 6.53. The van der Waals surface area contributed by atoms with Crippen LogP contribution in [-0.2, 0) is 13.0 Å². The van der Waals surface area contributed by atoms with Crippen molar-refractivity contribution in [2.75, 3.05) is 18.0 Å². The van der Waals surface area contributed by atoms with E-state index in [4.69, 9.17) is 4.52 Å². The number of aromatic nitrogens is 1. The van der Waals surface area contributed by atoms with Crippen LogP contribution in [0.25, 0.3) is 0 Å². The normalized spacial score (nSPS) is 18.3. The smallest absolute Gasteiger partial charge is 0.150 e. The standard InChI is InChI=1S/C18H25N3O/c1-14(2)10-16-11-18(22-20-16)12-19-15-8-9-21(13-15)17-6-4-3-5-7-17/h3-7,11,14-15,19H,8-10,12-13H2,1-2H3/t15-/m0/s1. The van der Waals surface area contributed by atoms with Crippen LogP contribution in [0.1, 0.15) is 31.7 Å². The summed E-state index contributed by atoms with van der Waals surface area (Å²) in [5, 5.41) is 7.73. The van der Waals surface area contributed by atoms with E-state index in [9.17, 15) is 0 Å². The number of anilines is 1. The van der Waals surface area contributed by atoms with Crippen molar-refractivity contribution < 1.29 is 4.52 Å². The van der Waals surface area contributed by atoms with Crippen LogP contribution in [0, 0.1) is 5.92 Å². The van der Waals surface area contributed by atoms with Gasteiger partial charge in [-0.15, -0.1) is 0 Å². The van der Waals surface area contributed by atoms with Gasteiger partial charge in [0.25, 0.3) is 0 Å². The maximum atomic E-state index is 5.41. The number of benzene rings is 1. The summed E-state index contributed by atoms with van der Waals surface area (Å²) in [6, 6.07) is 13.2. The molecule has 0 spiro atoms. The minimum absolute atomic E-state index is 0.513. The fraction of sp³-hybridized carbons (Fsp3) is 0.500. The average molecular weight is 299 g/mol. The van der Waals surface area contributed by atoms with Crippen LogP contribution in [0.3, 0.4) is 0 Å². The summed E-state index contributed by atoms with van der Waals surface area (Å²) in [4.78, 5) is 2.43. The fourth-order valence-electron chi connectivity index (χ4n) is 3.00. The van der Waals surface area contributed by atoms with E-state index >= 15 is 0 Å². The molecule has 1 atom stereocenters. The first-order valence-corrected chi connectivity index (χ1v) is 8.18. The lowest BCUT2D eigenvalue weighted by Crippen LogP contribution is -2.31. The van der Waals surface area contributed by atoms with E-state index in [1.54, 1.807) is 0 Å². The minimum atomic E-state index is 0.513. The number of nitrogens with zero attached hydrogens (tertiary/aromatic N) is 2. The van der Waals surface area contributed by atoms with Crippen LogP contribution in [0.2, 0.25) is 0 Å². The molecule has 0 amide bonds. The Kier molecular flexibility index (Phi) is 4.78. The molecule has 1 aromatic heterocycles. The molecule has 1 saturated heterocycles. The Hall–Kier alpha value is -1.81. The molecular formula is C18H25N3O. The Balaban J connectivity index is 1.48. The third-order valence-electron chi connectivity index (χ3n) is 4.10. The third kappa shape index (κ3) is 3.89. The summed E-state index contributed by atoms with van der Waals surface area (Å²) >= 11 is 0. The van der Waals surface area contributed by atoms with Crippen LogP contribution >= 0.6 is 0 Å². The van der Waals surface area contributed by atoms with Gasteiger partial charge in [0.15, 0.2) is 5.76 Å². The summed E-state index contributed by atoms with van der Waals surface area (Å²) < 4.78 is 5.41. The summed E-state index contributed by atoms with van der Waals surface area (Å²) in [5.41, 5.74) is 2.37. The molecule has 1 fully saturated rings. The monoisotopic (exact) mass is 299 g/mol. The molecule has 4 nitrogen and oxygen atoms in total. The van der Waals surface area contributed by atoms with Gasteiger partial charge in [-0.25, -0.2) is 0 Å². The number of nitrogens with one attached hydrogen (secondary N) is 1. The molecule has 4 heteroatoms. The van der Waals surface area contributed by atoms with E-state index in [1.165, 1.54) is 12.1 Å². The van der Waals surface area contributed by atoms with Crippen molar-refractivity contribution in [1.29, 1.82) is 0 Å². The largest absolute Gasteiger partial charge is 0.370 e. The molecule has 3 rings (SSSR count). The third-order valence-corrected chi connectivity index (χ3v) is 4.10. The maximum absolute atomic E-state index is 5.41. The second kappa shape index (κ2) is 6.97. The second-order valence-electron chi connectivity index (χ2n) is 6.53. The number of hydrogen-bond donors (Lipinski definition) is 1. The quantitative estimate of drug-likeness (QED) is 0.889. The fourth-order valence-corrected chi connectivity index (χ4v) is 3.00. The molecule has 22 heavy (non-hydrogen) atoms. The molecule has 2 heterocycles. The van der Waals surface area contributed by atoms with Crippen LogP contribution in [-0.4, -0.2) is 24.3 Å². The van der Waals surface area contributed by atoms with Gasteiger partial charge < -0.3 is 14.7 Å². The van der Waals surface area contributed by atoms with Crippen molar-refractivity contribution in [2.24, 2.45) is 5.92 Å². The highest BCUT2D eigenvalue weighted by molar-refractivity contribution is 5.47. The van der Waals surface area contributed by atoms with Gasteiger partial charge >= 0.3 is 0 Å². The van der Waals surface area contributed by atoms with E-state index < -0.39 is 0 Å². The van der Waals surface area contributed by atoms with Crippen molar-refractivity contribution in [3.05, 3.63) is 47.9 Å². The summed E-state index contributed by atoms with van der Waals surface area (Å²) in [6.07, 6.45) is 2.15. The van der Waals surface area contributed by atoms with Crippen molar-refractivity contribution in [3.63, 3.8) is 0 Å². The zero-order valence-corrected chi connectivity index (χ0v) is 13.5. The number of rotatable bonds is 6. The summed E-state index contributed by atoms with van der Waals surface area (Å²) in [7, 11) is 0. The SMILES string of the molecule is CC(C)Cc1cc(CN[C@H]2CCN(c3ccccc3)C2)on1. The molecule has 118 valence electrons. The van der Waals surface area contributed by atoms with Crippen molar-refractivity contribution in [1.82, 2.24) is 10.5 Å². The van der Waals surface area contributed by atoms with E-state index in [0.717, 1.165) is 37.5 Å². The van der Waals surface area contributed by atoms with Crippen LogP contribution in [0.5, 0.6) is 0 Å². The van der Waals surface area contributed by atoms with Crippen LogP contribution in [0.15, 0.2) is 40.9 Å². The van der Waals surface area contributed by atoms with Gasteiger partial charge in [-0.3, -0.25) is 0 Å². The van der Waals surface area contributed by atoms with Gasteiger partial charge in [-0.2, -0.15) is 0 Å². The zero-order chi connectivity index (χ0) is 15.4. The molecule has 1 aliphatic rings. The maximum Gasteiger partial charge on any atom is 0.150 e.